The third-order valence-electron chi connectivity index (χ3n) is 2.71. The standard InChI is InChI=1S/C10H10ClN5/c11-9-5-8(1-2-12-9)15-3-4-16-7-13-14-10(16)6-15/h1-2,5,7H,3-4,6H2. The molecule has 82 valence electrons. The minimum absolute atomic E-state index is 0.518. The van der Waals surface area contributed by atoms with Gasteiger partial charge in [0.05, 0.1) is 6.54 Å². The lowest BCUT2D eigenvalue weighted by atomic mass is 10.3. The predicted octanol–water partition coefficient (Wildman–Crippen LogP) is 1.35. The summed E-state index contributed by atoms with van der Waals surface area (Å²) < 4.78 is 2.07. The van der Waals surface area contributed by atoms with Crippen molar-refractivity contribution in [3.8, 4) is 0 Å². The summed E-state index contributed by atoms with van der Waals surface area (Å²) in [5.41, 5.74) is 1.08. The van der Waals surface area contributed by atoms with Crippen molar-refractivity contribution >= 4 is 17.3 Å². The number of anilines is 1. The van der Waals surface area contributed by atoms with Crippen LogP contribution in [0.25, 0.3) is 0 Å². The molecule has 0 atom stereocenters. The predicted molar refractivity (Wildman–Crippen MR) is 60.3 cm³/mol. The van der Waals surface area contributed by atoms with Gasteiger partial charge in [-0.3, -0.25) is 0 Å². The lowest BCUT2D eigenvalue weighted by Gasteiger charge is -2.28. The van der Waals surface area contributed by atoms with Gasteiger partial charge in [-0.15, -0.1) is 10.2 Å². The highest BCUT2D eigenvalue weighted by Gasteiger charge is 2.17. The molecular weight excluding hydrogens is 226 g/mol. The molecule has 5 nitrogen and oxygen atoms in total. The average molecular weight is 236 g/mol. The number of aromatic nitrogens is 4. The van der Waals surface area contributed by atoms with E-state index < -0.39 is 0 Å². The van der Waals surface area contributed by atoms with E-state index in [2.05, 4.69) is 24.6 Å². The minimum atomic E-state index is 0.518. The second-order valence-electron chi connectivity index (χ2n) is 3.70. The molecule has 2 aromatic heterocycles. The highest BCUT2D eigenvalue weighted by Crippen LogP contribution is 2.21. The fraction of sp³-hybridized carbons (Fsp3) is 0.300. The summed E-state index contributed by atoms with van der Waals surface area (Å²) in [6.07, 6.45) is 3.49. The van der Waals surface area contributed by atoms with Crippen molar-refractivity contribution in [2.75, 3.05) is 11.4 Å². The molecule has 1 aliphatic rings. The molecule has 0 unspecified atom stereocenters. The van der Waals surface area contributed by atoms with E-state index >= 15 is 0 Å². The van der Waals surface area contributed by atoms with Crippen LogP contribution in [0.1, 0.15) is 5.82 Å². The van der Waals surface area contributed by atoms with Crippen molar-refractivity contribution < 1.29 is 0 Å². The first-order valence-electron chi connectivity index (χ1n) is 5.06. The molecule has 1 aliphatic heterocycles. The van der Waals surface area contributed by atoms with Gasteiger partial charge in [-0.25, -0.2) is 4.98 Å². The van der Waals surface area contributed by atoms with Crippen molar-refractivity contribution in [1.29, 1.82) is 0 Å². The fourth-order valence-corrected chi connectivity index (χ4v) is 2.04. The Morgan fingerprint density at radius 1 is 1.31 bits per heavy atom. The fourth-order valence-electron chi connectivity index (χ4n) is 1.88. The van der Waals surface area contributed by atoms with Gasteiger partial charge in [0, 0.05) is 25.0 Å². The number of fused-ring (bicyclic) bond motifs is 1. The van der Waals surface area contributed by atoms with Crippen LogP contribution in [0.15, 0.2) is 24.7 Å². The molecule has 0 saturated carbocycles. The zero-order valence-electron chi connectivity index (χ0n) is 8.54. The number of hydrogen-bond donors (Lipinski definition) is 0. The summed E-state index contributed by atoms with van der Waals surface area (Å²) in [7, 11) is 0. The molecule has 3 rings (SSSR count). The lowest BCUT2D eigenvalue weighted by Crippen LogP contribution is -2.33. The average Bonchev–Trinajstić information content (AvgIpc) is 2.75. The van der Waals surface area contributed by atoms with Crippen LogP contribution in [-0.4, -0.2) is 26.3 Å². The quantitative estimate of drug-likeness (QED) is 0.700. The normalized spacial score (nSPS) is 14.9. The maximum atomic E-state index is 5.87. The minimum Gasteiger partial charge on any atom is -0.362 e. The van der Waals surface area contributed by atoms with E-state index in [1.165, 1.54) is 0 Å². The molecule has 0 amide bonds. The SMILES string of the molecule is Clc1cc(N2CCn3cnnc3C2)ccn1. The molecule has 3 heterocycles. The molecule has 0 N–H and O–H groups in total. The van der Waals surface area contributed by atoms with Gasteiger partial charge < -0.3 is 9.47 Å². The molecule has 0 spiro atoms. The monoisotopic (exact) mass is 235 g/mol. The Hall–Kier alpha value is -1.62. The van der Waals surface area contributed by atoms with Gasteiger partial charge in [-0.2, -0.15) is 0 Å². The molecule has 6 heteroatoms. The molecule has 0 bridgehead atoms. The van der Waals surface area contributed by atoms with Crippen molar-refractivity contribution in [2.45, 2.75) is 13.1 Å². The van der Waals surface area contributed by atoms with Gasteiger partial charge in [0.2, 0.25) is 0 Å². The number of nitrogens with zero attached hydrogens (tertiary/aromatic N) is 5. The largest absolute Gasteiger partial charge is 0.362 e. The first-order chi connectivity index (χ1) is 7.83. The van der Waals surface area contributed by atoms with Crippen molar-refractivity contribution in [1.82, 2.24) is 19.7 Å². The van der Waals surface area contributed by atoms with Crippen LogP contribution < -0.4 is 4.90 Å². The van der Waals surface area contributed by atoms with Gasteiger partial charge >= 0.3 is 0 Å². The van der Waals surface area contributed by atoms with E-state index in [1.807, 2.05) is 12.1 Å². The Bertz CT molecular complexity index is 509. The number of pyridine rings is 1. The van der Waals surface area contributed by atoms with Crippen LogP contribution in [-0.2, 0) is 13.1 Å². The smallest absolute Gasteiger partial charge is 0.152 e. The number of hydrogen-bond acceptors (Lipinski definition) is 4. The third kappa shape index (κ3) is 1.63. The van der Waals surface area contributed by atoms with E-state index in [1.54, 1.807) is 12.5 Å². The molecule has 0 aliphatic carbocycles. The number of rotatable bonds is 1. The molecule has 2 aromatic rings. The van der Waals surface area contributed by atoms with Crippen molar-refractivity contribution in [2.24, 2.45) is 0 Å². The van der Waals surface area contributed by atoms with Crippen molar-refractivity contribution in [3.63, 3.8) is 0 Å². The molecule has 16 heavy (non-hydrogen) atoms. The summed E-state index contributed by atoms with van der Waals surface area (Å²) in [6.45, 7) is 2.61. The molecular formula is C10H10ClN5. The highest BCUT2D eigenvalue weighted by molar-refractivity contribution is 6.29. The van der Waals surface area contributed by atoms with Crippen LogP contribution in [0.2, 0.25) is 5.15 Å². The van der Waals surface area contributed by atoms with Crippen molar-refractivity contribution in [3.05, 3.63) is 35.6 Å². The van der Waals surface area contributed by atoms with Crippen LogP contribution in [0, 0.1) is 0 Å². The van der Waals surface area contributed by atoms with Gasteiger partial charge in [0.25, 0.3) is 0 Å². The van der Waals surface area contributed by atoms with Gasteiger partial charge in [0.15, 0.2) is 5.82 Å². The van der Waals surface area contributed by atoms with Crippen LogP contribution >= 0.6 is 11.6 Å². The van der Waals surface area contributed by atoms with Crippen LogP contribution in [0.4, 0.5) is 5.69 Å². The number of halogens is 1. The van der Waals surface area contributed by atoms with Gasteiger partial charge in [-0.05, 0) is 12.1 Å². The highest BCUT2D eigenvalue weighted by atomic mass is 35.5. The molecule has 0 saturated heterocycles. The second-order valence-corrected chi connectivity index (χ2v) is 4.09. The Morgan fingerprint density at radius 3 is 3.12 bits per heavy atom. The van der Waals surface area contributed by atoms with E-state index in [-0.39, 0.29) is 0 Å². The first-order valence-corrected chi connectivity index (χ1v) is 5.44. The molecule has 0 fully saturated rings. The Kier molecular flexibility index (Phi) is 2.25. The van der Waals surface area contributed by atoms with Gasteiger partial charge in [0.1, 0.15) is 11.5 Å². The van der Waals surface area contributed by atoms with Crippen LogP contribution in [0.3, 0.4) is 0 Å². The van der Waals surface area contributed by atoms with E-state index in [0.29, 0.717) is 5.15 Å². The maximum absolute atomic E-state index is 5.87. The summed E-state index contributed by atoms with van der Waals surface area (Å²) in [5.74, 6) is 0.985. The summed E-state index contributed by atoms with van der Waals surface area (Å²) >= 11 is 5.87. The zero-order valence-corrected chi connectivity index (χ0v) is 9.30. The van der Waals surface area contributed by atoms with E-state index in [4.69, 9.17) is 11.6 Å². The van der Waals surface area contributed by atoms with E-state index in [0.717, 1.165) is 31.1 Å². The Balaban J connectivity index is 1.88. The second kappa shape index (κ2) is 3.75. The van der Waals surface area contributed by atoms with Gasteiger partial charge in [-0.1, -0.05) is 11.6 Å². The molecule has 0 radical (unpaired) electrons. The summed E-state index contributed by atoms with van der Waals surface area (Å²) in [4.78, 5) is 6.19. The Labute approximate surface area is 97.7 Å². The maximum Gasteiger partial charge on any atom is 0.152 e. The lowest BCUT2D eigenvalue weighted by molar-refractivity contribution is 0.560. The first kappa shape index (κ1) is 9.59. The zero-order chi connectivity index (χ0) is 11.0. The molecule has 0 aromatic carbocycles. The third-order valence-corrected chi connectivity index (χ3v) is 2.92. The van der Waals surface area contributed by atoms with E-state index in [9.17, 15) is 0 Å². The van der Waals surface area contributed by atoms with Crippen LogP contribution in [0.5, 0.6) is 0 Å². The Morgan fingerprint density at radius 2 is 2.25 bits per heavy atom. The summed E-state index contributed by atoms with van der Waals surface area (Å²) in [6, 6.07) is 3.82. The topological polar surface area (TPSA) is 46.8 Å². The summed E-state index contributed by atoms with van der Waals surface area (Å²) in [5, 5.41) is 8.49.